The lowest BCUT2D eigenvalue weighted by Crippen LogP contribution is -2.39. The number of hydrogen-bond donors (Lipinski definition) is 1. The van der Waals surface area contributed by atoms with Crippen LogP contribution in [0.1, 0.15) is 28.8 Å². The highest BCUT2D eigenvalue weighted by atomic mass is 16.2. The highest BCUT2D eigenvalue weighted by Gasteiger charge is 2.25. The predicted molar refractivity (Wildman–Crippen MR) is 83.3 cm³/mol. The van der Waals surface area contributed by atoms with Crippen molar-refractivity contribution >= 4 is 11.6 Å². The summed E-state index contributed by atoms with van der Waals surface area (Å²) >= 11 is 0. The SMILES string of the molecule is CNc1ccc(C)cc1C(=O)N(C)CC1CCCN1C. The van der Waals surface area contributed by atoms with Gasteiger partial charge in [0.25, 0.3) is 5.91 Å². The molecule has 1 aromatic carbocycles. The Morgan fingerprint density at radius 1 is 1.50 bits per heavy atom. The van der Waals surface area contributed by atoms with Gasteiger partial charge in [-0.05, 0) is 45.5 Å². The van der Waals surface area contributed by atoms with Crippen molar-refractivity contribution in [2.24, 2.45) is 0 Å². The third kappa shape index (κ3) is 3.12. The smallest absolute Gasteiger partial charge is 0.255 e. The number of hydrogen-bond acceptors (Lipinski definition) is 3. The van der Waals surface area contributed by atoms with Gasteiger partial charge in [0, 0.05) is 32.4 Å². The zero-order valence-corrected chi connectivity index (χ0v) is 12.9. The van der Waals surface area contributed by atoms with E-state index in [2.05, 4.69) is 17.3 Å². The van der Waals surface area contributed by atoms with Crippen LogP contribution in [0.3, 0.4) is 0 Å². The molecule has 1 atom stereocenters. The van der Waals surface area contributed by atoms with Gasteiger partial charge in [-0.25, -0.2) is 0 Å². The number of aryl methyl sites for hydroxylation is 1. The van der Waals surface area contributed by atoms with Gasteiger partial charge in [-0.1, -0.05) is 11.6 Å². The zero-order valence-electron chi connectivity index (χ0n) is 12.9. The number of nitrogens with zero attached hydrogens (tertiary/aromatic N) is 2. The Labute approximate surface area is 121 Å². The summed E-state index contributed by atoms with van der Waals surface area (Å²) in [5.74, 6) is 0.0957. The molecule has 1 saturated heterocycles. The van der Waals surface area contributed by atoms with Crippen molar-refractivity contribution in [3.8, 4) is 0 Å². The predicted octanol–water partition coefficient (Wildman–Crippen LogP) is 2.20. The molecular formula is C16H25N3O. The summed E-state index contributed by atoms with van der Waals surface area (Å²) in [7, 11) is 5.89. The van der Waals surface area contributed by atoms with Crippen LogP contribution in [-0.4, -0.2) is 56.0 Å². The standard InChI is InChI=1S/C16H25N3O/c1-12-7-8-15(17-2)14(10-12)16(20)19(4)11-13-6-5-9-18(13)3/h7-8,10,13,17H,5-6,9,11H2,1-4H3. The number of nitrogens with one attached hydrogen (secondary N) is 1. The van der Waals surface area contributed by atoms with E-state index in [0.29, 0.717) is 6.04 Å². The molecule has 1 heterocycles. The lowest BCUT2D eigenvalue weighted by atomic mass is 10.1. The number of amides is 1. The molecule has 1 fully saturated rings. The van der Waals surface area contributed by atoms with Gasteiger partial charge in [-0.15, -0.1) is 0 Å². The van der Waals surface area contributed by atoms with Crippen LogP contribution in [0, 0.1) is 6.92 Å². The quantitative estimate of drug-likeness (QED) is 0.915. The highest BCUT2D eigenvalue weighted by molar-refractivity contribution is 5.99. The fraction of sp³-hybridized carbons (Fsp3) is 0.562. The minimum Gasteiger partial charge on any atom is -0.387 e. The molecule has 0 radical (unpaired) electrons. The van der Waals surface area contributed by atoms with E-state index in [-0.39, 0.29) is 5.91 Å². The highest BCUT2D eigenvalue weighted by Crippen LogP contribution is 2.20. The number of benzene rings is 1. The summed E-state index contributed by atoms with van der Waals surface area (Å²) in [5.41, 5.74) is 2.77. The number of carbonyl (C=O) groups is 1. The van der Waals surface area contributed by atoms with E-state index in [1.165, 1.54) is 12.8 Å². The first-order valence-corrected chi connectivity index (χ1v) is 7.27. The Morgan fingerprint density at radius 2 is 2.25 bits per heavy atom. The topological polar surface area (TPSA) is 35.6 Å². The molecule has 1 aliphatic rings. The summed E-state index contributed by atoms with van der Waals surface area (Å²) in [6.07, 6.45) is 2.41. The van der Waals surface area contributed by atoms with Crippen LogP contribution in [0.4, 0.5) is 5.69 Å². The van der Waals surface area contributed by atoms with Crippen LogP contribution in [-0.2, 0) is 0 Å². The fourth-order valence-corrected chi connectivity index (χ4v) is 2.87. The van der Waals surface area contributed by atoms with E-state index < -0.39 is 0 Å². The molecule has 1 N–H and O–H groups in total. The Bertz CT molecular complexity index is 487. The molecule has 0 aliphatic carbocycles. The first-order valence-electron chi connectivity index (χ1n) is 7.27. The van der Waals surface area contributed by atoms with Crippen molar-refractivity contribution in [2.75, 3.05) is 39.5 Å². The minimum atomic E-state index is 0.0957. The second-order valence-corrected chi connectivity index (χ2v) is 5.76. The van der Waals surface area contributed by atoms with Crippen molar-refractivity contribution < 1.29 is 4.79 Å². The van der Waals surface area contributed by atoms with Crippen molar-refractivity contribution in [3.05, 3.63) is 29.3 Å². The summed E-state index contributed by atoms with van der Waals surface area (Å²) < 4.78 is 0. The van der Waals surface area contributed by atoms with Crippen LogP contribution in [0.25, 0.3) is 0 Å². The molecule has 0 saturated carbocycles. The molecule has 0 aromatic heterocycles. The Hall–Kier alpha value is -1.55. The number of rotatable bonds is 4. The summed E-state index contributed by atoms with van der Waals surface area (Å²) in [6.45, 7) is 3.95. The second-order valence-electron chi connectivity index (χ2n) is 5.76. The Balaban J connectivity index is 2.12. The van der Waals surface area contributed by atoms with Gasteiger partial charge in [-0.3, -0.25) is 4.79 Å². The Morgan fingerprint density at radius 3 is 2.85 bits per heavy atom. The van der Waals surface area contributed by atoms with Crippen molar-refractivity contribution in [1.82, 2.24) is 9.80 Å². The second kappa shape index (κ2) is 6.27. The van der Waals surface area contributed by atoms with E-state index in [1.807, 2.05) is 44.1 Å². The lowest BCUT2D eigenvalue weighted by Gasteiger charge is -2.26. The van der Waals surface area contributed by atoms with Crippen LogP contribution in [0.2, 0.25) is 0 Å². The molecule has 4 heteroatoms. The molecule has 2 rings (SSSR count). The summed E-state index contributed by atoms with van der Waals surface area (Å²) in [4.78, 5) is 16.8. The third-order valence-corrected chi connectivity index (χ3v) is 4.18. The van der Waals surface area contributed by atoms with Gasteiger partial charge in [0.1, 0.15) is 0 Å². The van der Waals surface area contributed by atoms with E-state index in [4.69, 9.17) is 0 Å². The largest absolute Gasteiger partial charge is 0.387 e. The minimum absolute atomic E-state index is 0.0957. The normalized spacial score (nSPS) is 19.1. The maximum absolute atomic E-state index is 12.6. The van der Waals surface area contributed by atoms with E-state index in [1.54, 1.807) is 0 Å². The Kier molecular flexibility index (Phi) is 4.65. The number of carbonyl (C=O) groups excluding carboxylic acids is 1. The van der Waals surface area contributed by atoms with Crippen molar-refractivity contribution in [2.45, 2.75) is 25.8 Å². The van der Waals surface area contributed by atoms with Gasteiger partial charge in [0.2, 0.25) is 0 Å². The van der Waals surface area contributed by atoms with Gasteiger partial charge in [0.15, 0.2) is 0 Å². The van der Waals surface area contributed by atoms with Gasteiger partial charge < -0.3 is 15.1 Å². The van der Waals surface area contributed by atoms with Gasteiger partial charge in [-0.2, -0.15) is 0 Å². The lowest BCUT2D eigenvalue weighted by molar-refractivity contribution is 0.0762. The van der Waals surface area contributed by atoms with Crippen LogP contribution >= 0.6 is 0 Å². The molecule has 0 spiro atoms. The monoisotopic (exact) mass is 275 g/mol. The first-order chi connectivity index (χ1) is 9.52. The maximum Gasteiger partial charge on any atom is 0.255 e. The van der Waals surface area contributed by atoms with Crippen LogP contribution < -0.4 is 5.32 Å². The van der Waals surface area contributed by atoms with E-state index in [9.17, 15) is 4.79 Å². The number of anilines is 1. The molecular weight excluding hydrogens is 250 g/mol. The van der Waals surface area contributed by atoms with Gasteiger partial charge >= 0.3 is 0 Å². The van der Waals surface area contributed by atoms with Crippen molar-refractivity contribution in [1.29, 1.82) is 0 Å². The third-order valence-electron chi connectivity index (χ3n) is 4.18. The first kappa shape index (κ1) is 14.9. The van der Waals surface area contributed by atoms with Crippen molar-refractivity contribution in [3.63, 3.8) is 0 Å². The molecule has 4 nitrogen and oxygen atoms in total. The average Bonchev–Trinajstić information content (AvgIpc) is 2.83. The number of likely N-dealkylation sites (N-methyl/N-ethyl adjacent to an activating group) is 2. The van der Waals surface area contributed by atoms with Crippen LogP contribution in [0.15, 0.2) is 18.2 Å². The fourth-order valence-electron chi connectivity index (χ4n) is 2.87. The maximum atomic E-state index is 12.6. The summed E-state index contributed by atoms with van der Waals surface area (Å²) in [5, 5.41) is 3.10. The zero-order chi connectivity index (χ0) is 14.7. The number of likely N-dealkylation sites (tertiary alicyclic amines) is 1. The molecule has 20 heavy (non-hydrogen) atoms. The molecule has 110 valence electrons. The van der Waals surface area contributed by atoms with Crippen LogP contribution in [0.5, 0.6) is 0 Å². The van der Waals surface area contributed by atoms with E-state index >= 15 is 0 Å². The average molecular weight is 275 g/mol. The molecule has 0 bridgehead atoms. The summed E-state index contributed by atoms with van der Waals surface area (Å²) in [6, 6.07) is 6.45. The molecule has 1 aliphatic heterocycles. The molecule has 1 aromatic rings. The van der Waals surface area contributed by atoms with E-state index in [0.717, 1.165) is 29.9 Å². The molecule has 1 unspecified atom stereocenters. The molecule has 1 amide bonds. The van der Waals surface area contributed by atoms with Gasteiger partial charge in [0.05, 0.1) is 5.56 Å².